The molecule has 1 amide bonds. The molecule has 0 unspecified atom stereocenters. The van der Waals surface area contributed by atoms with Crippen molar-refractivity contribution in [2.45, 2.75) is 44.9 Å². The van der Waals surface area contributed by atoms with Crippen molar-refractivity contribution in [1.82, 2.24) is 10.3 Å². The molecule has 1 saturated carbocycles. The first kappa shape index (κ1) is 16.7. The Morgan fingerprint density at radius 2 is 2.17 bits per heavy atom. The standard InChI is InChI=1S/C18H25N3O3/c22-16(23)7-9-20-18(24)14-10-12(11-14)3-5-15-6-4-13-2-1-8-19-17(13)21-15/h4,6,12,14H,1-3,5,7-11H2,(H,19,21)(H,20,24)(H,22,23)/t12-,14-. The van der Waals surface area contributed by atoms with Gasteiger partial charge < -0.3 is 15.7 Å². The highest BCUT2D eigenvalue weighted by Gasteiger charge is 2.33. The molecule has 1 aromatic rings. The average Bonchev–Trinajstić information content (AvgIpc) is 2.53. The van der Waals surface area contributed by atoms with Crippen LogP contribution in [0, 0.1) is 11.8 Å². The van der Waals surface area contributed by atoms with Gasteiger partial charge in [-0.05, 0) is 56.1 Å². The zero-order valence-electron chi connectivity index (χ0n) is 13.9. The van der Waals surface area contributed by atoms with Gasteiger partial charge in [0.25, 0.3) is 0 Å². The number of nitrogens with zero attached hydrogens (tertiary/aromatic N) is 1. The maximum absolute atomic E-state index is 11.9. The molecule has 0 bridgehead atoms. The molecule has 0 saturated heterocycles. The van der Waals surface area contributed by atoms with Gasteiger partial charge in [-0.2, -0.15) is 0 Å². The first-order valence-corrected chi connectivity index (χ1v) is 8.84. The molecule has 0 spiro atoms. The number of hydrogen-bond donors (Lipinski definition) is 3. The molecule has 130 valence electrons. The van der Waals surface area contributed by atoms with Crippen molar-refractivity contribution in [3.63, 3.8) is 0 Å². The van der Waals surface area contributed by atoms with Crippen LogP contribution >= 0.6 is 0 Å². The number of carboxylic acid groups (broad SMARTS) is 1. The topological polar surface area (TPSA) is 91.3 Å². The number of pyridine rings is 1. The largest absolute Gasteiger partial charge is 0.481 e. The van der Waals surface area contributed by atoms with E-state index in [-0.39, 0.29) is 24.8 Å². The molecular formula is C18H25N3O3. The first-order valence-electron chi connectivity index (χ1n) is 8.84. The summed E-state index contributed by atoms with van der Waals surface area (Å²) in [4.78, 5) is 27.0. The van der Waals surface area contributed by atoms with Crippen molar-refractivity contribution in [3.05, 3.63) is 23.4 Å². The summed E-state index contributed by atoms with van der Waals surface area (Å²) in [6, 6.07) is 4.31. The minimum Gasteiger partial charge on any atom is -0.481 e. The zero-order valence-corrected chi connectivity index (χ0v) is 13.9. The van der Waals surface area contributed by atoms with Gasteiger partial charge >= 0.3 is 5.97 Å². The Morgan fingerprint density at radius 3 is 2.96 bits per heavy atom. The third-order valence-corrected chi connectivity index (χ3v) is 5.01. The van der Waals surface area contributed by atoms with Crippen molar-refractivity contribution in [3.8, 4) is 0 Å². The van der Waals surface area contributed by atoms with Gasteiger partial charge in [0.15, 0.2) is 0 Å². The van der Waals surface area contributed by atoms with E-state index < -0.39 is 5.97 Å². The lowest BCUT2D eigenvalue weighted by Gasteiger charge is -2.34. The summed E-state index contributed by atoms with van der Waals surface area (Å²) >= 11 is 0. The zero-order chi connectivity index (χ0) is 16.9. The third kappa shape index (κ3) is 4.24. The van der Waals surface area contributed by atoms with Crippen LogP contribution in [0.2, 0.25) is 0 Å². The van der Waals surface area contributed by atoms with E-state index in [9.17, 15) is 9.59 Å². The number of aromatic nitrogens is 1. The number of anilines is 1. The van der Waals surface area contributed by atoms with Crippen molar-refractivity contribution in [1.29, 1.82) is 0 Å². The summed E-state index contributed by atoms with van der Waals surface area (Å²) in [5, 5.41) is 14.6. The molecule has 24 heavy (non-hydrogen) atoms. The fourth-order valence-electron chi connectivity index (χ4n) is 3.48. The summed E-state index contributed by atoms with van der Waals surface area (Å²) < 4.78 is 0. The van der Waals surface area contributed by atoms with Gasteiger partial charge in [-0.15, -0.1) is 0 Å². The molecule has 1 fully saturated rings. The molecule has 2 aliphatic rings. The Balaban J connectivity index is 1.37. The van der Waals surface area contributed by atoms with Crippen LogP contribution in [0.15, 0.2) is 12.1 Å². The lowest BCUT2D eigenvalue weighted by molar-refractivity contribution is -0.137. The number of carboxylic acids is 1. The first-order chi connectivity index (χ1) is 11.6. The van der Waals surface area contributed by atoms with Gasteiger partial charge in [0.05, 0.1) is 6.42 Å². The van der Waals surface area contributed by atoms with Crippen molar-refractivity contribution < 1.29 is 14.7 Å². The molecular weight excluding hydrogens is 306 g/mol. The highest BCUT2D eigenvalue weighted by Crippen LogP contribution is 2.37. The van der Waals surface area contributed by atoms with Gasteiger partial charge in [-0.3, -0.25) is 9.59 Å². The minimum atomic E-state index is -0.881. The number of fused-ring (bicyclic) bond motifs is 1. The summed E-state index contributed by atoms with van der Waals surface area (Å²) in [6.07, 6.45) is 6.09. The van der Waals surface area contributed by atoms with Gasteiger partial charge in [-0.25, -0.2) is 4.98 Å². The number of nitrogens with one attached hydrogen (secondary N) is 2. The highest BCUT2D eigenvalue weighted by atomic mass is 16.4. The number of hydrogen-bond acceptors (Lipinski definition) is 4. The van der Waals surface area contributed by atoms with Crippen LogP contribution in [-0.4, -0.2) is 35.1 Å². The van der Waals surface area contributed by atoms with Crippen LogP contribution in [0.4, 0.5) is 5.82 Å². The maximum atomic E-state index is 11.9. The second-order valence-electron chi connectivity index (χ2n) is 6.85. The summed E-state index contributed by atoms with van der Waals surface area (Å²) in [7, 11) is 0. The van der Waals surface area contributed by atoms with E-state index in [1.807, 2.05) is 0 Å². The molecule has 3 rings (SSSR count). The Labute approximate surface area is 142 Å². The van der Waals surface area contributed by atoms with Crippen LogP contribution < -0.4 is 10.6 Å². The third-order valence-electron chi connectivity index (χ3n) is 5.01. The number of carbonyl (C=O) groups excluding carboxylic acids is 1. The second kappa shape index (κ2) is 7.64. The molecule has 2 heterocycles. The maximum Gasteiger partial charge on any atom is 0.305 e. The molecule has 0 aromatic carbocycles. The van der Waals surface area contributed by atoms with Crippen molar-refractivity contribution in [2.75, 3.05) is 18.4 Å². The van der Waals surface area contributed by atoms with Gasteiger partial charge in [-0.1, -0.05) is 6.07 Å². The number of aliphatic carboxylic acids is 1. The Bertz CT molecular complexity index is 612. The summed E-state index contributed by atoms with van der Waals surface area (Å²) in [6.45, 7) is 1.23. The van der Waals surface area contributed by atoms with E-state index >= 15 is 0 Å². The van der Waals surface area contributed by atoms with Crippen molar-refractivity contribution in [2.24, 2.45) is 11.8 Å². The fourth-order valence-corrected chi connectivity index (χ4v) is 3.48. The molecule has 0 radical (unpaired) electrons. The van der Waals surface area contributed by atoms with Gasteiger partial charge in [0.1, 0.15) is 5.82 Å². The number of rotatable bonds is 7. The van der Waals surface area contributed by atoms with E-state index in [1.54, 1.807) is 0 Å². The Morgan fingerprint density at radius 1 is 1.33 bits per heavy atom. The molecule has 0 atom stereocenters. The molecule has 1 aromatic heterocycles. The van der Waals surface area contributed by atoms with Gasteiger partial charge in [0.2, 0.25) is 5.91 Å². The fraction of sp³-hybridized carbons (Fsp3) is 0.611. The predicted octanol–water partition coefficient (Wildman–Crippen LogP) is 1.99. The average molecular weight is 331 g/mol. The highest BCUT2D eigenvalue weighted by molar-refractivity contribution is 5.80. The molecule has 6 heteroatoms. The molecule has 1 aliphatic heterocycles. The monoisotopic (exact) mass is 331 g/mol. The predicted molar refractivity (Wildman–Crippen MR) is 90.8 cm³/mol. The Hall–Kier alpha value is -2.11. The van der Waals surface area contributed by atoms with Crippen LogP contribution in [0.5, 0.6) is 0 Å². The molecule has 6 nitrogen and oxygen atoms in total. The Kier molecular flexibility index (Phi) is 5.33. The quantitative estimate of drug-likeness (QED) is 0.711. The lowest BCUT2D eigenvalue weighted by Crippen LogP contribution is -2.39. The minimum absolute atomic E-state index is 0.00334. The van der Waals surface area contributed by atoms with Crippen LogP contribution in [-0.2, 0) is 22.4 Å². The summed E-state index contributed by atoms with van der Waals surface area (Å²) in [5.41, 5.74) is 2.43. The normalized spacial score (nSPS) is 22.0. The molecule has 1 aliphatic carbocycles. The lowest BCUT2D eigenvalue weighted by atomic mass is 9.72. The van der Waals surface area contributed by atoms with E-state index in [0.717, 1.165) is 50.2 Å². The smallest absolute Gasteiger partial charge is 0.305 e. The number of aryl methyl sites for hydroxylation is 2. The van der Waals surface area contributed by atoms with Crippen LogP contribution in [0.25, 0.3) is 0 Å². The van der Waals surface area contributed by atoms with Crippen LogP contribution in [0.3, 0.4) is 0 Å². The second-order valence-corrected chi connectivity index (χ2v) is 6.85. The molecule has 3 N–H and O–H groups in total. The van der Waals surface area contributed by atoms with Crippen molar-refractivity contribution >= 4 is 17.7 Å². The van der Waals surface area contributed by atoms with E-state index in [0.29, 0.717) is 5.92 Å². The SMILES string of the molecule is O=C(O)CCNC(=O)[C@H]1C[C@H](CCc2ccc3c(n2)NCCC3)C1. The van der Waals surface area contributed by atoms with Gasteiger partial charge in [0, 0.05) is 24.7 Å². The number of amides is 1. The number of carbonyl (C=O) groups is 2. The van der Waals surface area contributed by atoms with E-state index in [4.69, 9.17) is 10.1 Å². The summed E-state index contributed by atoms with van der Waals surface area (Å²) in [5.74, 6) is 0.799. The van der Waals surface area contributed by atoms with E-state index in [1.165, 1.54) is 12.0 Å². The van der Waals surface area contributed by atoms with E-state index in [2.05, 4.69) is 22.8 Å². The van der Waals surface area contributed by atoms with Crippen LogP contribution in [0.1, 0.15) is 43.4 Å².